The van der Waals surface area contributed by atoms with E-state index in [0.717, 1.165) is 0 Å². The highest BCUT2D eigenvalue weighted by atomic mass is 16.3. The van der Waals surface area contributed by atoms with Crippen molar-refractivity contribution in [3.05, 3.63) is 22.3 Å². The summed E-state index contributed by atoms with van der Waals surface area (Å²) in [4.78, 5) is 0. The van der Waals surface area contributed by atoms with Gasteiger partial charge in [0, 0.05) is 28.8 Å². The molecule has 0 aliphatic carbocycles. The van der Waals surface area contributed by atoms with Crippen LogP contribution in [0.3, 0.4) is 0 Å². The normalized spacial score (nSPS) is 10.7. The fourth-order valence-corrected chi connectivity index (χ4v) is 1.60. The van der Waals surface area contributed by atoms with Gasteiger partial charge in [0.05, 0.1) is 13.2 Å². The zero-order valence-electron chi connectivity index (χ0n) is 8.49. The molecule has 0 amide bonds. The van der Waals surface area contributed by atoms with Crippen LogP contribution in [0.25, 0.3) is 0 Å². The number of benzene rings is 1. The van der Waals surface area contributed by atoms with Crippen molar-refractivity contribution in [2.75, 3.05) is 0 Å². The van der Waals surface area contributed by atoms with E-state index in [1.807, 2.05) is 0 Å². The number of aliphatic hydroxyl groups excluding tert-OH is 2. The molecule has 5 heteroatoms. The molecule has 6 N–H and O–H groups in total. The van der Waals surface area contributed by atoms with Gasteiger partial charge in [-0.15, -0.1) is 0 Å². The van der Waals surface area contributed by atoms with E-state index in [4.69, 9.17) is 15.9 Å². The van der Waals surface area contributed by atoms with Crippen molar-refractivity contribution in [3.63, 3.8) is 0 Å². The average Bonchev–Trinajstić information content (AvgIpc) is 2.23. The number of hydrogen-bond acceptors (Lipinski definition) is 5. The first-order valence-electron chi connectivity index (χ1n) is 4.55. The summed E-state index contributed by atoms with van der Waals surface area (Å²) in [6.45, 7) is 0.755. The summed E-state index contributed by atoms with van der Waals surface area (Å²) >= 11 is 0. The van der Waals surface area contributed by atoms with Gasteiger partial charge in [-0.05, 0) is 6.92 Å². The number of hydrogen-bond donors (Lipinski definition) is 5. The molecule has 0 aromatic heterocycles. The Morgan fingerprint density at radius 1 is 0.933 bits per heavy atom. The molecular weight excluding hydrogens is 198 g/mol. The Bertz CT molecular complexity index is 376. The van der Waals surface area contributed by atoms with Crippen LogP contribution in [0.4, 0.5) is 0 Å². The molecule has 1 rings (SSSR count). The molecule has 0 atom stereocenters. The Kier molecular flexibility index (Phi) is 3.52. The zero-order chi connectivity index (χ0) is 11.6. The Morgan fingerprint density at radius 3 is 1.87 bits per heavy atom. The van der Waals surface area contributed by atoms with Crippen LogP contribution in [0.5, 0.6) is 11.5 Å². The van der Waals surface area contributed by atoms with E-state index in [-0.39, 0.29) is 41.3 Å². The minimum atomic E-state index is -0.404. The second-order valence-electron chi connectivity index (χ2n) is 3.28. The van der Waals surface area contributed by atoms with Crippen molar-refractivity contribution in [3.8, 4) is 11.5 Å². The number of nitrogens with two attached hydrogens (primary N) is 1. The first-order valence-corrected chi connectivity index (χ1v) is 4.55. The van der Waals surface area contributed by atoms with Crippen molar-refractivity contribution in [2.24, 2.45) is 5.73 Å². The van der Waals surface area contributed by atoms with Crippen LogP contribution in [-0.2, 0) is 19.8 Å². The summed E-state index contributed by atoms with van der Waals surface area (Å²) in [5.41, 5.74) is 6.49. The number of rotatable bonds is 3. The maximum Gasteiger partial charge on any atom is 0.126 e. The van der Waals surface area contributed by atoms with Gasteiger partial charge in [-0.3, -0.25) is 0 Å². The highest BCUT2D eigenvalue weighted by Gasteiger charge is 2.19. The second kappa shape index (κ2) is 4.48. The maximum absolute atomic E-state index is 9.74. The third kappa shape index (κ3) is 1.77. The molecule has 0 radical (unpaired) electrons. The molecule has 0 saturated carbocycles. The van der Waals surface area contributed by atoms with E-state index >= 15 is 0 Å². The van der Waals surface area contributed by atoms with E-state index in [1.54, 1.807) is 6.92 Å². The van der Waals surface area contributed by atoms with Crippen molar-refractivity contribution in [1.82, 2.24) is 0 Å². The Hall–Kier alpha value is -1.30. The Balaban J connectivity index is 3.57. The minimum absolute atomic E-state index is 0.0113. The molecule has 15 heavy (non-hydrogen) atoms. The van der Waals surface area contributed by atoms with Gasteiger partial charge in [-0.2, -0.15) is 0 Å². The van der Waals surface area contributed by atoms with Crippen LogP contribution < -0.4 is 5.73 Å². The fourth-order valence-electron chi connectivity index (χ4n) is 1.60. The first-order chi connectivity index (χ1) is 7.08. The van der Waals surface area contributed by atoms with E-state index in [1.165, 1.54) is 0 Å². The van der Waals surface area contributed by atoms with Gasteiger partial charge in [0.25, 0.3) is 0 Å². The lowest BCUT2D eigenvalue weighted by Gasteiger charge is -2.16. The van der Waals surface area contributed by atoms with Gasteiger partial charge in [-0.1, -0.05) is 0 Å². The lowest BCUT2D eigenvalue weighted by molar-refractivity contribution is 0.264. The standard InChI is InChI=1S/C10H15NO4/c1-5-7(3-12)10(15)6(2-11)8(4-13)9(5)14/h12-15H,2-4,11H2,1H3. The molecule has 84 valence electrons. The van der Waals surface area contributed by atoms with Crippen LogP contribution in [0, 0.1) is 6.92 Å². The monoisotopic (exact) mass is 213 g/mol. The van der Waals surface area contributed by atoms with Gasteiger partial charge in [0.15, 0.2) is 0 Å². The lowest BCUT2D eigenvalue weighted by Crippen LogP contribution is -2.06. The zero-order valence-corrected chi connectivity index (χ0v) is 8.49. The highest BCUT2D eigenvalue weighted by molar-refractivity contribution is 5.57. The molecule has 0 heterocycles. The van der Waals surface area contributed by atoms with Crippen molar-refractivity contribution in [1.29, 1.82) is 0 Å². The number of phenols is 2. The van der Waals surface area contributed by atoms with E-state index < -0.39 is 6.61 Å². The minimum Gasteiger partial charge on any atom is -0.507 e. The predicted molar refractivity (Wildman–Crippen MR) is 54.2 cm³/mol. The van der Waals surface area contributed by atoms with Gasteiger partial charge < -0.3 is 26.2 Å². The third-order valence-electron chi connectivity index (χ3n) is 2.55. The molecule has 1 aromatic rings. The van der Waals surface area contributed by atoms with Gasteiger partial charge in [-0.25, -0.2) is 0 Å². The molecule has 5 nitrogen and oxygen atoms in total. The molecule has 0 spiro atoms. The largest absolute Gasteiger partial charge is 0.507 e. The third-order valence-corrected chi connectivity index (χ3v) is 2.55. The van der Waals surface area contributed by atoms with Gasteiger partial charge in [0.2, 0.25) is 0 Å². The summed E-state index contributed by atoms with van der Waals surface area (Å²) < 4.78 is 0. The molecule has 0 fully saturated rings. The van der Waals surface area contributed by atoms with Crippen molar-refractivity contribution < 1.29 is 20.4 Å². The van der Waals surface area contributed by atoms with Gasteiger partial charge >= 0.3 is 0 Å². The van der Waals surface area contributed by atoms with Crippen molar-refractivity contribution >= 4 is 0 Å². The van der Waals surface area contributed by atoms with E-state index in [0.29, 0.717) is 5.56 Å². The van der Waals surface area contributed by atoms with E-state index in [9.17, 15) is 10.2 Å². The summed E-state index contributed by atoms with van der Waals surface area (Å²) in [6.07, 6.45) is 0. The predicted octanol–water partition coefficient (Wildman–Crippen LogP) is -0.150. The summed E-state index contributed by atoms with van der Waals surface area (Å²) in [7, 11) is 0. The van der Waals surface area contributed by atoms with Crippen molar-refractivity contribution in [2.45, 2.75) is 26.7 Å². The van der Waals surface area contributed by atoms with Crippen LogP contribution in [-0.4, -0.2) is 20.4 Å². The summed E-state index contributed by atoms with van der Waals surface area (Å²) in [5, 5.41) is 37.5. The molecule has 1 aromatic carbocycles. The summed E-state index contributed by atoms with van der Waals surface area (Å²) in [6, 6.07) is 0. The Morgan fingerprint density at radius 2 is 1.47 bits per heavy atom. The van der Waals surface area contributed by atoms with Crippen LogP contribution >= 0.6 is 0 Å². The smallest absolute Gasteiger partial charge is 0.126 e. The average molecular weight is 213 g/mol. The quantitative estimate of drug-likeness (QED) is 0.449. The van der Waals surface area contributed by atoms with Crippen LogP contribution in [0.2, 0.25) is 0 Å². The first kappa shape index (κ1) is 11.8. The molecule has 0 aliphatic rings. The highest BCUT2D eigenvalue weighted by Crippen LogP contribution is 2.36. The summed E-state index contributed by atoms with van der Waals surface area (Å²) in [5.74, 6) is -0.279. The number of aromatic hydroxyl groups is 2. The van der Waals surface area contributed by atoms with Crippen LogP contribution in [0.1, 0.15) is 22.3 Å². The topological polar surface area (TPSA) is 107 Å². The molecular formula is C10H15NO4. The van der Waals surface area contributed by atoms with Crippen LogP contribution in [0.15, 0.2) is 0 Å². The van der Waals surface area contributed by atoms with E-state index in [2.05, 4.69) is 0 Å². The fraction of sp³-hybridized carbons (Fsp3) is 0.400. The lowest BCUT2D eigenvalue weighted by atomic mass is 9.96. The molecule has 0 aliphatic heterocycles. The molecule has 0 saturated heterocycles. The second-order valence-corrected chi connectivity index (χ2v) is 3.28. The maximum atomic E-state index is 9.74. The molecule has 0 bridgehead atoms. The number of aliphatic hydroxyl groups is 2. The van der Waals surface area contributed by atoms with Gasteiger partial charge in [0.1, 0.15) is 11.5 Å². The Labute approximate surface area is 87.4 Å². The molecule has 0 unspecified atom stereocenters. The SMILES string of the molecule is Cc1c(O)c(CO)c(CN)c(O)c1CO.